The quantitative estimate of drug-likeness (QED) is 0.885. The second-order valence-electron chi connectivity index (χ2n) is 5.04. The van der Waals surface area contributed by atoms with Crippen molar-refractivity contribution in [1.29, 1.82) is 0 Å². The van der Waals surface area contributed by atoms with Crippen LogP contribution in [0.25, 0.3) is 0 Å². The summed E-state index contributed by atoms with van der Waals surface area (Å²) < 4.78 is 5.53. The van der Waals surface area contributed by atoms with Crippen LogP contribution in [0, 0.1) is 13.8 Å². The fraction of sp³-hybridized carbons (Fsp3) is 0.333. The van der Waals surface area contributed by atoms with E-state index < -0.39 is 0 Å². The molecule has 0 saturated carbocycles. The minimum Gasteiger partial charge on any atom is -0.496 e. The first-order valence-corrected chi connectivity index (χ1v) is 7.11. The number of hydrogen-bond donors (Lipinski definition) is 1. The van der Waals surface area contributed by atoms with Gasteiger partial charge < -0.3 is 10.1 Å². The molecule has 0 spiro atoms. The lowest BCUT2D eigenvalue weighted by atomic mass is 9.91. The summed E-state index contributed by atoms with van der Waals surface area (Å²) in [5.41, 5.74) is 5.15. The Morgan fingerprint density at radius 2 is 1.65 bits per heavy atom. The third-order valence-electron chi connectivity index (χ3n) is 3.69. The lowest BCUT2D eigenvalue weighted by Crippen LogP contribution is -2.24. The first-order chi connectivity index (χ1) is 9.69. The number of rotatable bonds is 5. The van der Waals surface area contributed by atoms with Gasteiger partial charge in [-0.25, -0.2) is 0 Å². The Hall–Kier alpha value is -1.80. The molecule has 2 aromatic rings. The van der Waals surface area contributed by atoms with Crippen molar-refractivity contribution in [3.05, 3.63) is 64.7 Å². The predicted molar refractivity (Wildman–Crippen MR) is 84.4 cm³/mol. The topological polar surface area (TPSA) is 21.3 Å². The van der Waals surface area contributed by atoms with Gasteiger partial charge in [-0.05, 0) is 43.1 Å². The van der Waals surface area contributed by atoms with E-state index in [-0.39, 0.29) is 6.04 Å². The molecule has 2 aromatic carbocycles. The van der Waals surface area contributed by atoms with Crippen molar-refractivity contribution in [2.75, 3.05) is 13.7 Å². The lowest BCUT2D eigenvalue weighted by molar-refractivity contribution is 0.404. The van der Waals surface area contributed by atoms with E-state index in [2.05, 4.69) is 56.4 Å². The van der Waals surface area contributed by atoms with Crippen molar-refractivity contribution in [1.82, 2.24) is 5.32 Å². The molecule has 0 heterocycles. The van der Waals surface area contributed by atoms with Gasteiger partial charge in [-0.15, -0.1) is 0 Å². The molecule has 2 heteroatoms. The van der Waals surface area contributed by atoms with Gasteiger partial charge in [-0.1, -0.05) is 43.3 Å². The molecule has 106 valence electrons. The van der Waals surface area contributed by atoms with Gasteiger partial charge in [0, 0.05) is 5.56 Å². The Kier molecular flexibility index (Phi) is 4.80. The minimum atomic E-state index is 0.164. The maximum absolute atomic E-state index is 5.53. The Balaban J connectivity index is 2.56. The van der Waals surface area contributed by atoms with Crippen molar-refractivity contribution in [3.8, 4) is 5.75 Å². The normalized spacial score (nSPS) is 12.2. The fourth-order valence-electron chi connectivity index (χ4n) is 2.76. The largest absolute Gasteiger partial charge is 0.496 e. The van der Waals surface area contributed by atoms with Gasteiger partial charge in [0.2, 0.25) is 0 Å². The second-order valence-corrected chi connectivity index (χ2v) is 5.04. The molecular weight excluding hydrogens is 246 g/mol. The van der Waals surface area contributed by atoms with Crippen LogP contribution in [0.2, 0.25) is 0 Å². The molecule has 0 saturated heterocycles. The van der Waals surface area contributed by atoms with Crippen LogP contribution in [0.15, 0.2) is 42.5 Å². The maximum atomic E-state index is 5.53. The smallest absolute Gasteiger partial charge is 0.123 e. The number of ether oxygens (including phenoxy) is 1. The van der Waals surface area contributed by atoms with E-state index in [1.54, 1.807) is 7.11 Å². The number of methoxy groups -OCH3 is 1. The number of para-hydroxylation sites is 1. The van der Waals surface area contributed by atoms with E-state index >= 15 is 0 Å². The minimum absolute atomic E-state index is 0.164. The number of hydrogen-bond acceptors (Lipinski definition) is 2. The second kappa shape index (κ2) is 6.58. The zero-order valence-electron chi connectivity index (χ0n) is 12.7. The maximum Gasteiger partial charge on any atom is 0.123 e. The Bertz CT molecular complexity index is 557. The highest BCUT2D eigenvalue weighted by molar-refractivity contribution is 5.46. The average Bonchev–Trinajstić information content (AvgIpc) is 2.46. The van der Waals surface area contributed by atoms with Crippen LogP contribution in [-0.2, 0) is 0 Å². The standard InChI is InChI=1S/C18H23NO/c1-5-19-18(15-11-6-7-12-16(15)20-4)17-13(2)9-8-10-14(17)3/h6-12,18-19H,5H2,1-4H3. The summed E-state index contributed by atoms with van der Waals surface area (Å²) in [6.45, 7) is 7.39. The lowest BCUT2D eigenvalue weighted by Gasteiger charge is -2.24. The summed E-state index contributed by atoms with van der Waals surface area (Å²) in [6.07, 6.45) is 0. The van der Waals surface area contributed by atoms with Gasteiger partial charge in [0.05, 0.1) is 13.2 Å². The van der Waals surface area contributed by atoms with Gasteiger partial charge >= 0.3 is 0 Å². The summed E-state index contributed by atoms with van der Waals surface area (Å²) in [7, 11) is 1.73. The van der Waals surface area contributed by atoms with Crippen LogP contribution < -0.4 is 10.1 Å². The Labute approximate surface area is 121 Å². The first kappa shape index (κ1) is 14.6. The van der Waals surface area contributed by atoms with E-state index in [0.717, 1.165) is 12.3 Å². The molecule has 0 aliphatic heterocycles. The van der Waals surface area contributed by atoms with Gasteiger partial charge in [0.15, 0.2) is 0 Å². The third-order valence-corrected chi connectivity index (χ3v) is 3.69. The van der Waals surface area contributed by atoms with Gasteiger partial charge in [0.25, 0.3) is 0 Å². The van der Waals surface area contributed by atoms with Crippen LogP contribution >= 0.6 is 0 Å². The monoisotopic (exact) mass is 269 g/mol. The van der Waals surface area contributed by atoms with Crippen LogP contribution in [-0.4, -0.2) is 13.7 Å². The number of benzene rings is 2. The van der Waals surface area contributed by atoms with Gasteiger partial charge in [0.1, 0.15) is 5.75 Å². The highest BCUT2D eigenvalue weighted by Gasteiger charge is 2.20. The van der Waals surface area contributed by atoms with Crippen molar-refractivity contribution < 1.29 is 4.74 Å². The van der Waals surface area contributed by atoms with E-state index in [9.17, 15) is 0 Å². The zero-order valence-corrected chi connectivity index (χ0v) is 12.7. The molecule has 2 nitrogen and oxygen atoms in total. The molecular formula is C18H23NO. The fourth-order valence-corrected chi connectivity index (χ4v) is 2.76. The van der Waals surface area contributed by atoms with E-state index in [4.69, 9.17) is 4.74 Å². The molecule has 0 aliphatic carbocycles. The molecule has 0 bridgehead atoms. The van der Waals surface area contributed by atoms with Crippen LogP contribution in [0.5, 0.6) is 5.75 Å². The summed E-state index contributed by atoms with van der Waals surface area (Å²) >= 11 is 0. The van der Waals surface area contributed by atoms with Crippen LogP contribution in [0.3, 0.4) is 0 Å². The van der Waals surface area contributed by atoms with Crippen LogP contribution in [0.1, 0.15) is 35.2 Å². The molecule has 1 unspecified atom stereocenters. The molecule has 20 heavy (non-hydrogen) atoms. The molecule has 2 rings (SSSR count). The summed E-state index contributed by atoms with van der Waals surface area (Å²) in [6, 6.07) is 14.8. The van der Waals surface area contributed by atoms with E-state index in [1.807, 2.05) is 12.1 Å². The first-order valence-electron chi connectivity index (χ1n) is 7.11. The van der Waals surface area contributed by atoms with E-state index in [1.165, 1.54) is 22.3 Å². The van der Waals surface area contributed by atoms with Crippen molar-refractivity contribution in [2.45, 2.75) is 26.8 Å². The van der Waals surface area contributed by atoms with Crippen molar-refractivity contribution in [3.63, 3.8) is 0 Å². The average molecular weight is 269 g/mol. The highest BCUT2D eigenvalue weighted by Crippen LogP contribution is 2.33. The van der Waals surface area contributed by atoms with Crippen LogP contribution in [0.4, 0.5) is 0 Å². The molecule has 1 atom stereocenters. The third kappa shape index (κ3) is 2.86. The summed E-state index contributed by atoms with van der Waals surface area (Å²) in [5.74, 6) is 0.932. The number of aryl methyl sites for hydroxylation is 2. The zero-order chi connectivity index (χ0) is 14.5. The van der Waals surface area contributed by atoms with Gasteiger partial charge in [-0.2, -0.15) is 0 Å². The van der Waals surface area contributed by atoms with Gasteiger partial charge in [-0.3, -0.25) is 0 Å². The molecule has 0 aromatic heterocycles. The Morgan fingerprint density at radius 3 is 2.25 bits per heavy atom. The van der Waals surface area contributed by atoms with Crippen molar-refractivity contribution in [2.24, 2.45) is 0 Å². The predicted octanol–water partition coefficient (Wildman–Crippen LogP) is 4.01. The Morgan fingerprint density at radius 1 is 1.00 bits per heavy atom. The number of nitrogens with one attached hydrogen (secondary N) is 1. The van der Waals surface area contributed by atoms with E-state index in [0.29, 0.717) is 0 Å². The summed E-state index contributed by atoms with van der Waals surface area (Å²) in [5, 5.41) is 3.59. The summed E-state index contributed by atoms with van der Waals surface area (Å²) in [4.78, 5) is 0. The molecule has 0 aliphatic rings. The molecule has 0 radical (unpaired) electrons. The SMILES string of the molecule is CCNC(c1ccccc1OC)c1c(C)cccc1C. The molecule has 0 amide bonds. The van der Waals surface area contributed by atoms with Crippen molar-refractivity contribution >= 4 is 0 Å². The highest BCUT2D eigenvalue weighted by atomic mass is 16.5. The molecule has 1 N–H and O–H groups in total. The molecule has 0 fully saturated rings.